The van der Waals surface area contributed by atoms with Crippen molar-refractivity contribution in [2.45, 2.75) is 31.1 Å². The van der Waals surface area contributed by atoms with Crippen LogP contribution in [0.4, 0.5) is 0 Å². The molecule has 0 bridgehead atoms. The first-order chi connectivity index (χ1) is 10.6. The first-order valence-corrected chi connectivity index (χ1v) is 7.32. The summed E-state index contributed by atoms with van der Waals surface area (Å²) < 4.78 is 15.4. The molecule has 0 aliphatic heterocycles. The quantitative estimate of drug-likeness (QED) is 0.800. The van der Waals surface area contributed by atoms with Crippen molar-refractivity contribution < 1.29 is 19.0 Å². The maximum atomic E-state index is 11.6. The van der Waals surface area contributed by atoms with Gasteiger partial charge in [-0.15, -0.1) is 0 Å². The molecule has 0 spiro atoms. The van der Waals surface area contributed by atoms with Crippen molar-refractivity contribution in [1.29, 1.82) is 5.26 Å². The number of hydrogen-bond acceptors (Lipinski definition) is 5. The number of benzene rings is 1. The van der Waals surface area contributed by atoms with Gasteiger partial charge in [-0.1, -0.05) is 6.07 Å². The molecule has 5 nitrogen and oxygen atoms in total. The number of esters is 1. The molecule has 1 aromatic carbocycles. The van der Waals surface area contributed by atoms with Crippen molar-refractivity contribution in [1.82, 2.24) is 0 Å². The van der Waals surface area contributed by atoms with Gasteiger partial charge in [-0.05, 0) is 43.4 Å². The topological polar surface area (TPSA) is 68.6 Å². The first kappa shape index (κ1) is 16.2. The maximum absolute atomic E-state index is 11.6. The smallest absolute Gasteiger partial charge is 0.308 e. The lowest BCUT2D eigenvalue weighted by atomic mass is 9.67. The van der Waals surface area contributed by atoms with E-state index >= 15 is 0 Å². The zero-order chi connectivity index (χ0) is 16.2. The van der Waals surface area contributed by atoms with E-state index < -0.39 is 5.41 Å². The molecule has 1 fully saturated rings. The summed E-state index contributed by atoms with van der Waals surface area (Å²) in [6, 6.07) is 8.04. The zero-order valence-electron chi connectivity index (χ0n) is 13.2. The second-order valence-electron chi connectivity index (χ2n) is 5.56. The van der Waals surface area contributed by atoms with E-state index in [2.05, 4.69) is 6.07 Å². The molecule has 1 aromatic rings. The molecule has 0 saturated heterocycles. The number of methoxy groups -OCH3 is 3. The van der Waals surface area contributed by atoms with Crippen LogP contribution in [0.5, 0.6) is 11.5 Å². The van der Waals surface area contributed by atoms with Crippen LogP contribution in [-0.4, -0.2) is 27.3 Å². The largest absolute Gasteiger partial charge is 0.493 e. The molecule has 0 unspecified atom stereocenters. The highest BCUT2D eigenvalue weighted by Gasteiger charge is 2.39. The minimum atomic E-state index is -0.579. The second kappa shape index (κ2) is 6.69. The van der Waals surface area contributed by atoms with E-state index in [1.807, 2.05) is 18.2 Å². The molecular weight excluding hydrogens is 282 g/mol. The Hall–Kier alpha value is -2.22. The highest BCUT2D eigenvalue weighted by atomic mass is 16.5. The van der Waals surface area contributed by atoms with Crippen molar-refractivity contribution in [3.63, 3.8) is 0 Å². The molecular formula is C17H21NO4. The lowest BCUT2D eigenvalue weighted by Crippen LogP contribution is -2.33. The van der Waals surface area contributed by atoms with Crippen LogP contribution in [0.15, 0.2) is 18.2 Å². The monoisotopic (exact) mass is 303 g/mol. The van der Waals surface area contributed by atoms with E-state index in [1.54, 1.807) is 14.2 Å². The fourth-order valence-electron chi connectivity index (χ4n) is 3.11. The molecule has 0 heterocycles. The van der Waals surface area contributed by atoms with Crippen LogP contribution in [0.2, 0.25) is 0 Å². The summed E-state index contributed by atoms with van der Waals surface area (Å²) in [5.74, 6) is 0.970. The van der Waals surface area contributed by atoms with Gasteiger partial charge in [0.25, 0.3) is 0 Å². The van der Waals surface area contributed by atoms with Crippen molar-refractivity contribution >= 4 is 5.97 Å². The van der Waals surface area contributed by atoms with Crippen LogP contribution >= 0.6 is 0 Å². The molecule has 118 valence electrons. The summed E-state index contributed by atoms with van der Waals surface area (Å²) >= 11 is 0. The maximum Gasteiger partial charge on any atom is 0.308 e. The van der Waals surface area contributed by atoms with Crippen molar-refractivity contribution in [3.8, 4) is 17.6 Å². The van der Waals surface area contributed by atoms with Gasteiger partial charge in [-0.2, -0.15) is 5.26 Å². The molecule has 0 amide bonds. The van der Waals surface area contributed by atoms with Crippen molar-refractivity contribution in [2.75, 3.05) is 21.3 Å². The number of ether oxygens (including phenoxy) is 3. The highest BCUT2D eigenvalue weighted by Crippen LogP contribution is 2.43. The second-order valence-corrected chi connectivity index (χ2v) is 5.56. The molecule has 5 heteroatoms. The normalized spacial score (nSPS) is 24.2. The fourth-order valence-corrected chi connectivity index (χ4v) is 3.11. The minimum absolute atomic E-state index is 0.105. The third kappa shape index (κ3) is 2.87. The van der Waals surface area contributed by atoms with E-state index in [0.29, 0.717) is 37.2 Å². The molecule has 22 heavy (non-hydrogen) atoms. The van der Waals surface area contributed by atoms with Gasteiger partial charge in [0, 0.05) is 0 Å². The third-order valence-corrected chi connectivity index (χ3v) is 4.52. The summed E-state index contributed by atoms with van der Waals surface area (Å²) in [5.41, 5.74) is 0.334. The molecule has 0 atom stereocenters. The number of nitrogens with zero attached hydrogens (tertiary/aromatic N) is 1. The van der Waals surface area contributed by atoms with Crippen LogP contribution < -0.4 is 9.47 Å². The first-order valence-electron chi connectivity index (χ1n) is 7.32. The lowest BCUT2D eigenvalue weighted by Gasteiger charge is -2.34. The number of rotatable bonds is 4. The molecule has 2 rings (SSSR count). The van der Waals surface area contributed by atoms with Crippen LogP contribution in [0.25, 0.3) is 0 Å². The SMILES string of the molecule is COC(=O)C1CCC(C#N)(c2ccc(OC)c(OC)c2)CC1. The van der Waals surface area contributed by atoms with Gasteiger partial charge in [-0.25, -0.2) is 0 Å². The Bertz CT molecular complexity index is 583. The van der Waals surface area contributed by atoms with Gasteiger partial charge in [0.05, 0.1) is 38.7 Å². The average molecular weight is 303 g/mol. The van der Waals surface area contributed by atoms with Crippen molar-refractivity contribution in [3.05, 3.63) is 23.8 Å². The summed E-state index contributed by atoms with van der Waals surface area (Å²) in [4.78, 5) is 11.6. The molecule has 1 saturated carbocycles. The van der Waals surface area contributed by atoms with Gasteiger partial charge in [-0.3, -0.25) is 4.79 Å². The predicted molar refractivity (Wildman–Crippen MR) is 80.8 cm³/mol. The summed E-state index contributed by atoms with van der Waals surface area (Å²) in [5, 5.41) is 9.73. The molecule has 0 aromatic heterocycles. The Kier molecular flexibility index (Phi) is 4.92. The minimum Gasteiger partial charge on any atom is -0.493 e. The Morgan fingerprint density at radius 3 is 2.32 bits per heavy atom. The van der Waals surface area contributed by atoms with Crippen LogP contribution in [0.1, 0.15) is 31.2 Å². The lowest BCUT2D eigenvalue weighted by molar-refractivity contribution is -0.146. The number of carbonyl (C=O) groups excluding carboxylic acids is 1. The average Bonchev–Trinajstić information content (AvgIpc) is 2.60. The molecule has 1 aliphatic rings. The van der Waals surface area contributed by atoms with Gasteiger partial charge < -0.3 is 14.2 Å². The van der Waals surface area contributed by atoms with Crippen LogP contribution in [0, 0.1) is 17.2 Å². The molecule has 0 N–H and O–H groups in total. The van der Waals surface area contributed by atoms with E-state index in [4.69, 9.17) is 14.2 Å². The van der Waals surface area contributed by atoms with Gasteiger partial charge in [0.1, 0.15) is 0 Å². The fraction of sp³-hybridized carbons (Fsp3) is 0.529. The number of hydrogen-bond donors (Lipinski definition) is 0. The van der Waals surface area contributed by atoms with E-state index in [-0.39, 0.29) is 11.9 Å². The zero-order valence-corrected chi connectivity index (χ0v) is 13.2. The van der Waals surface area contributed by atoms with Crippen LogP contribution in [0.3, 0.4) is 0 Å². The summed E-state index contributed by atoms with van der Waals surface area (Å²) in [7, 11) is 4.57. The standard InChI is InChI=1S/C17H21NO4/c1-20-14-5-4-13(10-15(14)21-2)17(11-18)8-6-12(7-9-17)16(19)22-3/h4-5,10,12H,6-9H2,1-3H3. The van der Waals surface area contributed by atoms with Crippen LogP contribution in [-0.2, 0) is 14.9 Å². The molecule has 0 radical (unpaired) electrons. The van der Waals surface area contributed by atoms with Gasteiger partial charge in [0.2, 0.25) is 0 Å². The molecule has 1 aliphatic carbocycles. The predicted octanol–water partition coefficient (Wildman–Crippen LogP) is 2.83. The van der Waals surface area contributed by atoms with Gasteiger partial charge in [0.15, 0.2) is 11.5 Å². The van der Waals surface area contributed by atoms with Crippen molar-refractivity contribution in [2.24, 2.45) is 5.92 Å². The Morgan fingerprint density at radius 1 is 1.18 bits per heavy atom. The number of carbonyl (C=O) groups is 1. The number of nitriles is 1. The Labute approximate surface area is 130 Å². The Balaban J connectivity index is 2.26. The van der Waals surface area contributed by atoms with E-state index in [9.17, 15) is 10.1 Å². The third-order valence-electron chi connectivity index (χ3n) is 4.52. The van der Waals surface area contributed by atoms with E-state index in [1.165, 1.54) is 7.11 Å². The summed E-state index contributed by atoms with van der Waals surface area (Å²) in [6.07, 6.45) is 2.60. The summed E-state index contributed by atoms with van der Waals surface area (Å²) in [6.45, 7) is 0. The van der Waals surface area contributed by atoms with E-state index in [0.717, 1.165) is 5.56 Å². The Morgan fingerprint density at radius 2 is 1.82 bits per heavy atom. The van der Waals surface area contributed by atoms with Gasteiger partial charge >= 0.3 is 5.97 Å². The highest BCUT2D eigenvalue weighted by molar-refractivity contribution is 5.72.